The fraction of sp³-hybridized carbons (Fsp3) is 0.647. The Labute approximate surface area is 153 Å². The van der Waals surface area contributed by atoms with Crippen molar-refractivity contribution in [2.75, 3.05) is 14.2 Å². The molecule has 0 rings (SSSR count). The molecule has 0 fully saturated rings. The average Bonchev–Trinajstić information content (AvgIpc) is 2.55. The number of methoxy groups -OCH3 is 2. The summed E-state index contributed by atoms with van der Waals surface area (Å²) in [5.41, 5.74) is -0.745. The maximum Gasteiger partial charge on any atom is 0.408 e. The van der Waals surface area contributed by atoms with Crippen molar-refractivity contribution in [1.82, 2.24) is 10.6 Å². The largest absolute Gasteiger partial charge is 0.467 e. The normalized spacial score (nSPS) is 12.8. The smallest absolute Gasteiger partial charge is 0.408 e. The molecular weight excluding hydrogens is 344 g/mol. The summed E-state index contributed by atoms with van der Waals surface area (Å²) in [4.78, 5) is 47.1. The van der Waals surface area contributed by atoms with Crippen molar-refractivity contribution in [3.05, 3.63) is 0 Å². The molecule has 2 N–H and O–H groups in total. The fourth-order valence-electron chi connectivity index (χ4n) is 1.84. The molecule has 2 atom stereocenters. The van der Waals surface area contributed by atoms with Crippen LogP contribution < -0.4 is 10.6 Å². The molecule has 0 bridgehead atoms. The molecule has 9 heteroatoms. The highest BCUT2D eigenvalue weighted by Gasteiger charge is 2.27. The molecule has 0 saturated heterocycles. The van der Waals surface area contributed by atoms with Crippen molar-refractivity contribution in [1.29, 1.82) is 0 Å². The van der Waals surface area contributed by atoms with Gasteiger partial charge in [-0.15, -0.1) is 12.3 Å². The first-order valence-corrected chi connectivity index (χ1v) is 7.92. The van der Waals surface area contributed by atoms with Crippen LogP contribution in [0.5, 0.6) is 0 Å². The van der Waals surface area contributed by atoms with Crippen LogP contribution in [0.4, 0.5) is 4.79 Å². The quantitative estimate of drug-likeness (QED) is 0.363. The molecule has 0 aromatic heterocycles. The zero-order valence-electron chi connectivity index (χ0n) is 15.7. The standard InChI is InChI=1S/C17H26N2O7/c1-7-8-11(14(21)24-5)18-13(20)10-9-12(15(22)25-6)19-16(23)26-17(2,3)4/h1,11-12H,8-10H2,2-6H3,(H,18,20)(H,19,23)/t11?,12-/m0/s1. The number of rotatable bonds is 8. The third kappa shape index (κ3) is 9.52. The van der Waals surface area contributed by atoms with Crippen LogP contribution in [0.25, 0.3) is 0 Å². The lowest BCUT2D eigenvalue weighted by Crippen LogP contribution is -2.45. The second kappa shape index (κ2) is 11.0. The van der Waals surface area contributed by atoms with Crippen LogP contribution in [0.15, 0.2) is 0 Å². The minimum atomic E-state index is -1.08. The van der Waals surface area contributed by atoms with E-state index in [1.807, 2.05) is 0 Å². The zero-order chi connectivity index (χ0) is 20.3. The molecular formula is C17H26N2O7. The summed E-state index contributed by atoms with van der Waals surface area (Å²) in [5.74, 6) is 0.335. The summed E-state index contributed by atoms with van der Waals surface area (Å²) >= 11 is 0. The number of hydrogen-bond acceptors (Lipinski definition) is 7. The molecule has 2 amide bonds. The monoisotopic (exact) mass is 370 g/mol. The Morgan fingerprint density at radius 1 is 1.00 bits per heavy atom. The Morgan fingerprint density at radius 2 is 1.54 bits per heavy atom. The van der Waals surface area contributed by atoms with Gasteiger partial charge in [-0.05, 0) is 27.2 Å². The molecule has 0 aliphatic carbocycles. The van der Waals surface area contributed by atoms with E-state index in [4.69, 9.17) is 11.2 Å². The SMILES string of the molecule is C#CCC(NC(=O)CC[C@H](NC(=O)OC(C)(C)C)C(=O)OC)C(=O)OC. The molecule has 0 aromatic carbocycles. The van der Waals surface area contributed by atoms with Gasteiger partial charge in [0.2, 0.25) is 5.91 Å². The number of hydrogen-bond donors (Lipinski definition) is 2. The van der Waals surface area contributed by atoms with Gasteiger partial charge in [0.1, 0.15) is 17.7 Å². The minimum absolute atomic E-state index is 0.0327. The number of carbonyl (C=O) groups is 4. The van der Waals surface area contributed by atoms with Crippen LogP contribution in [0.2, 0.25) is 0 Å². The van der Waals surface area contributed by atoms with Crippen LogP contribution in [0, 0.1) is 12.3 Å². The van der Waals surface area contributed by atoms with Crippen LogP contribution in [-0.4, -0.2) is 55.8 Å². The Balaban J connectivity index is 4.76. The van der Waals surface area contributed by atoms with Crippen molar-refractivity contribution >= 4 is 23.9 Å². The number of alkyl carbamates (subject to hydrolysis) is 1. The second-order valence-corrected chi connectivity index (χ2v) is 6.31. The molecule has 0 saturated carbocycles. The van der Waals surface area contributed by atoms with E-state index in [0.29, 0.717) is 0 Å². The van der Waals surface area contributed by atoms with Gasteiger partial charge in [-0.3, -0.25) is 4.79 Å². The van der Waals surface area contributed by atoms with Crippen molar-refractivity contribution in [3.8, 4) is 12.3 Å². The van der Waals surface area contributed by atoms with Gasteiger partial charge < -0.3 is 24.8 Å². The first-order valence-electron chi connectivity index (χ1n) is 7.92. The molecule has 0 aliphatic heterocycles. The first kappa shape index (κ1) is 23.2. The molecule has 0 radical (unpaired) electrons. The van der Waals surface area contributed by atoms with Crippen molar-refractivity contribution in [3.63, 3.8) is 0 Å². The van der Waals surface area contributed by atoms with Crippen molar-refractivity contribution < 1.29 is 33.4 Å². The molecule has 0 heterocycles. The van der Waals surface area contributed by atoms with Gasteiger partial charge in [-0.25, -0.2) is 14.4 Å². The van der Waals surface area contributed by atoms with Gasteiger partial charge in [0, 0.05) is 12.8 Å². The van der Waals surface area contributed by atoms with E-state index in [0.717, 1.165) is 7.11 Å². The van der Waals surface area contributed by atoms with Crippen LogP contribution >= 0.6 is 0 Å². The Hall–Kier alpha value is -2.76. The van der Waals surface area contributed by atoms with Gasteiger partial charge in [0.05, 0.1) is 14.2 Å². The third-order valence-electron chi connectivity index (χ3n) is 2.98. The molecule has 0 aliphatic rings. The van der Waals surface area contributed by atoms with E-state index >= 15 is 0 Å². The highest BCUT2D eigenvalue weighted by Crippen LogP contribution is 2.08. The van der Waals surface area contributed by atoms with E-state index < -0.39 is 41.6 Å². The van der Waals surface area contributed by atoms with Crippen LogP contribution in [0.3, 0.4) is 0 Å². The van der Waals surface area contributed by atoms with Gasteiger partial charge in [-0.1, -0.05) is 0 Å². The molecule has 0 spiro atoms. The predicted octanol–water partition coefficient (Wildman–Crippen LogP) is 0.514. The number of nitrogens with one attached hydrogen (secondary N) is 2. The van der Waals surface area contributed by atoms with Gasteiger partial charge >= 0.3 is 18.0 Å². The third-order valence-corrected chi connectivity index (χ3v) is 2.98. The first-order chi connectivity index (χ1) is 12.0. The van der Waals surface area contributed by atoms with Crippen molar-refractivity contribution in [2.24, 2.45) is 0 Å². The van der Waals surface area contributed by atoms with Crippen molar-refractivity contribution in [2.45, 2.75) is 57.7 Å². The second-order valence-electron chi connectivity index (χ2n) is 6.31. The summed E-state index contributed by atoms with van der Waals surface area (Å²) < 4.78 is 14.2. The topological polar surface area (TPSA) is 120 Å². The number of ether oxygens (including phenoxy) is 3. The lowest BCUT2D eigenvalue weighted by molar-refractivity contribution is -0.145. The predicted molar refractivity (Wildman–Crippen MR) is 91.8 cm³/mol. The minimum Gasteiger partial charge on any atom is -0.467 e. The number of esters is 2. The number of amides is 2. The Bertz CT molecular complexity index is 560. The maximum atomic E-state index is 12.0. The zero-order valence-corrected chi connectivity index (χ0v) is 15.7. The molecule has 0 aromatic rings. The van der Waals surface area contributed by atoms with E-state index in [9.17, 15) is 19.2 Å². The van der Waals surface area contributed by atoms with E-state index in [1.165, 1.54) is 7.11 Å². The average molecular weight is 370 g/mol. The highest BCUT2D eigenvalue weighted by atomic mass is 16.6. The molecule has 146 valence electrons. The summed E-state index contributed by atoms with van der Waals surface area (Å²) in [6, 6.07) is -2.06. The summed E-state index contributed by atoms with van der Waals surface area (Å²) in [7, 11) is 2.34. The van der Waals surface area contributed by atoms with Gasteiger partial charge in [0.25, 0.3) is 0 Å². The summed E-state index contributed by atoms with van der Waals surface area (Å²) in [5, 5.41) is 4.77. The number of carbonyl (C=O) groups excluding carboxylic acids is 4. The molecule has 1 unspecified atom stereocenters. The van der Waals surface area contributed by atoms with Crippen LogP contribution in [-0.2, 0) is 28.6 Å². The lowest BCUT2D eigenvalue weighted by Gasteiger charge is -2.22. The van der Waals surface area contributed by atoms with Crippen LogP contribution in [0.1, 0.15) is 40.0 Å². The van der Waals surface area contributed by atoms with E-state index in [2.05, 4.69) is 26.0 Å². The fourth-order valence-corrected chi connectivity index (χ4v) is 1.84. The maximum absolute atomic E-state index is 12.0. The molecule has 9 nitrogen and oxygen atoms in total. The molecule has 26 heavy (non-hydrogen) atoms. The Morgan fingerprint density at radius 3 is 2.00 bits per heavy atom. The lowest BCUT2D eigenvalue weighted by atomic mass is 10.1. The Kier molecular flexibility index (Phi) is 9.81. The number of terminal acetylenes is 1. The summed E-state index contributed by atoms with van der Waals surface area (Å²) in [6.07, 6.45) is 4.09. The van der Waals surface area contributed by atoms with Gasteiger partial charge in [0.15, 0.2) is 0 Å². The highest BCUT2D eigenvalue weighted by molar-refractivity contribution is 5.86. The van der Waals surface area contributed by atoms with E-state index in [-0.39, 0.29) is 19.3 Å². The van der Waals surface area contributed by atoms with Gasteiger partial charge in [-0.2, -0.15) is 0 Å². The van der Waals surface area contributed by atoms with E-state index in [1.54, 1.807) is 20.8 Å². The summed E-state index contributed by atoms with van der Waals surface area (Å²) in [6.45, 7) is 5.02.